The predicted molar refractivity (Wildman–Crippen MR) is 94.3 cm³/mol. The highest BCUT2D eigenvalue weighted by Gasteiger charge is 2.21. The van der Waals surface area contributed by atoms with Crippen molar-refractivity contribution in [2.45, 2.75) is 0 Å². The number of carbonyl (C=O) groups excluding carboxylic acids is 2. The average molecular weight is 369 g/mol. The highest BCUT2D eigenvalue weighted by molar-refractivity contribution is 5.97. The van der Waals surface area contributed by atoms with E-state index in [-0.39, 0.29) is 17.9 Å². The molecule has 0 unspecified atom stereocenters. The minimum Gasteiger partial charge on any atom is -0.490 e. The minimum atomic E-state index is -0.904. The molecule has 9 nitrogen and oxygen atoms in total. The van der Waals surface area contributed by atoms with Crippen LogP contribution in [0.1, 0.15) is 10.4 Å². The Hall–Kier alpha value is -3.93. The summed E-state index contributed by atoms with van der Waals surface area (Å²) in [6.07, 6.45) is 0. The molecule has 2 rings (SSSR count). The van der Waals surface area contributed by atoms with Gasteiger partial charge in [-0.15, -0.1) is 0 Å². The second-order valence-corrected chi connectivity index (χ2v) is 5.19. The van der Waals surface area contributed by atoms with Crippen molar-refractivity contribution in [2.24, 2.45) is 0 Å². The maximum atomic E-state index is 12.3. The zero-order valence-corrected chi connectivity index (χ0v) is 14.3. The van der Waals surface area contributed by atoms with Gasteiger partial charge in [-0.3, -0.25) is 19.8 Å². The lowest BCUT2D eigenvalue weighted by Gasteiger charge is -2.19. The van der Waals surface area contributed by atoms with Crippen LogP contribution < -0.4 is 9.64 Å². The molecule has 0 spiro atoms. The fraction of sp³-hybridized carbons (Fsp3) is 0.167. The maximum absolute atomic E-state index is 12.3. The van der Waals surface area contributed by atoms with Gasteiger partial charge in [0, 0.05) is 11.8 Å². The van der Waals surface area contributed by atoms with Gasteiger partial charge in [0.1, 0.15) is 6.54 Å². The molecule has 0 atom stereocenters. The molecule has 0 fully saturated rings. The van der Waals surface area contributed by atoms with Crippen LogP contribution in [-0.2, 0) is 9.53 Å². The Morgan fingerprint density at radius 3 is 2.52 bits per heavy atom. The zero-order chi connectivity index (χ0) is 19.8. The van der Waals surface area contributed by atoms with Crippen molar-refractivity contribution in [2.75, 3.05) is 25.2 Å². The van der Waals surface area contributed by atoms with E-state index in [4.69, 9.17) is 14.7 Å². The summed E-state index contributed by atoms with van der Waals surface area (Å²) in [6, 6.07) is 13.9. The van der Waals surface area contributed by atoms with Crippen LogP contribution in [0.5, 0.6) is 5.75 Å². The van der Waals surface area contributed by atoms with Gasteiger partial charge in [0.15, 0.2) is 12.4 Å². The number of esters is 1. The summed E-state index contributed by atoms with van der Waals surface area (Å²) in [7, 11) is 1.27. The normalized spacial score (nSPS) is 9.78. The van der Waals surface area contributed by atoms with Gasteiger partial charge in [-0.2, -0.15) is 5.26 Å². The highest BCUT2D eigenvalue weighted by atomic mass is 16.6. The zero-order valence-electron chi connectivity index (χ0n) is 14.3. The number of nitro benzene ring substituents is 1. The first-order chi connectivity index (χ1) is 13.0. The molecule has 0 saturated carbocycles. The molecule has 2 aromatic rings. The van der Waals surface area contributed by atoms with Crippen molar-refractivity contribution < 1.29 is 24.0 Å². The fourth-order valence-electron chi connectivity index (χ4n) is 2.25. The van der Waals surface area contributed by atoms with Gasteiger partial charge in [-0.25, -0.2) is 4.79 Å². The number of methoxy groups -OCH3 is 1. The molecule has 2 aromatic carbocycles. The van der Waals surface area contributed by atoms with E-state index in [9.17, 15) is 19.7 Å². The molecule has 0 radical (unpaired) electrons. The molecule has 0 aliphatic carbocycles. The molecule has 0 aliphatic heterocycles. The Balaban J connectivity index is 2.10. The summed E-state index contributed by atoms with van der Waals surface area (Å²) < 4.78 is 9.81. The van der Waals surface area contributed by atoms with Crippen molar-refractivity contribution in [3.63, 3.8) is 0 Å². The fourth-order valence-corrected chi connectivity index (χ4v) is 2.25. The quantitative estimate of drug-likeness (QED) is 0.317. The van der Waals surface area contributed by atoms with Crippen molar-refractivity contribution in [3.8, 4) is 11.8 Å². The van der Waals surface area contributed by atoms with Gasteiger partial charge in [-0.05, 0) is 24.3 Å². The van der Waals surface area contributed by atoms with Gasteiger partial charge in [0.25, 0.3) is 5.91 Å². The number of rotatable bonds is 7. The lowest BCUT2D eigenvalue weighted by Crippen LogP contribution is -2.35. The Morgan fingerprint density at radius 1 is 1.22 bits per heavy atom. The number of nitriles is 1. The lowest BCUT2D eigenvalue weighted by molar-refractivity contribution is -0.385. The number of hydrogen-bond acceptors (Lipinski definition) is 7. The smallest absolute Gasteiger partial charge is 0.338 e. The number of ether oxygens (including phenoxy) is 2. The first-order valence-electron chi connectivity index (χ1n) is 7.70. The van der Waals surface area contributed by atoms with Crippen molar-refractivity contribution in [1.29, 1.82) is 5.26 Å². The van der Waals surface area contributed by atoms with Crippen molar-refractivity contribution >= 4 is 23.3 Å². The van der Waals surface area contributed by atoms with Gasteiger partial charge in [0.2, 0.25) is 0 Å². The van der Waals surface area contributed by atoms with Gasteiger partial charge in [-0.1, -0.05) is 18.2 Å². The number of anilines is 1. The second kappa shape index (κ2) is 8.96. The largest absolute Gasteiger partial charge is 0.490 e. The SMILES string of the molecule is COc1ccc(C(=O)OCC(=O)N(CC#N)c2ccccc2)cc1[N+](=O)[O-]. The summed E-state index contributed by atoms with van der Waals surface area (Å²) in [5.74, 6) is -1.50. The van der Waals surface area contributed by atoms with Crippen LogP contribution in [0.15, 0.2) is 48.5 Å². The van der Waals surface area contributed by atoms with Gasteiger partial charge < -0.3 is 9.47 Å². The van der Waals surface area contributed by atoms with Crippen LogP contribution in [0.4, 0.5) is 11.4 Å². The first kappa shape index (κ1) is 19.4. The molecule has 1 amide bonds. The topological polar surface area (TPSA) is 123 Å². The van der Waals surface area contributed by atoms with Gasteiger partial charge >= 0.3 is 11.7 Å². The minimum absolute atomic E-state index is 0.00287. The van der Waals surface area contributed by atoms with E-state index in [0.29, 0.717) is 5.69 Å². The Kier molecular flexibility index (Phi) is 6.44. The summed E-state index contributed by atoms with van der Waals surface area (Å²) in [5, 5.41) is 19.9. The van der Waals surface area contributed by atoms with Crippen LogP contribution in [-0.4, -0.2) is 37.1 Å². The Labute approximate surface area is 154 Å². The van der Waals surface area contributed by atoms with Crippen LogP contribution in [0.25, 0.3) is 0 Å². The number of benzene rings is 2. The highest BCUT2D eigenvalue weighted by Crippen LogP contribution is 2.27. The van der Waals surface area contributed by atoms with Crippen LogP contribution in [0, 0.1) is 21.4 Å². The summed E-state index contributed by atoms with van der Waals surface area (Å²) >= 11 is 0. The molecular formula is C18H15N3O6. The van der Waals surface area contributed by atoms with E-state index in [1.165, 1.54) is 24.1 Å². The Morgan fingerprint density at radius 2 is 1.93 bits per heavy atom. The monoisotopic (exact) mass is 369 g/mol. The summed E-state index contributed by atoms with van der Waals surface area (Å²) in [5.41, 5.74) is -0.00398. The van der Waals surface area contributed by atoms with Crippen LogP contribution in [0.2, 0.25) is 0 Å². The third-order valence-corrected chi connectivity index (χ3v) is 3.54. The number of nitrogens with zero attached hydrogens (tertiary/aromatic N) is 3. The second-order valence-electron chi connectivity index (χ2n) is 5.19. The van der Waals surface area contributed by atoms with E-state index in [1.54, 1.807) is 30.3 Å². The number of para-hydroxylation sites is 1. The summed E-state index contributed by atoms with van der Waals surface area (Å²) in [6.45, 7) is -0.830. The van der Waals surface area contributed by atoms with E-state index >= 15 is 0 Å². The van der Waals surface area contributed by atoms with Crippen molar-refractivity contribution in [1.82, 2.24) is 0 Å². The Bertz CT molecular complexity index is 892. The van der Waals surface area contributed by atoms with E-state index in [0.717, 1.165) is 6.07 Å². The molecule has 138 valence electrons. The molecule has 0 bridgehead atoms. The summed E-state index contributed by atoms with van der Waals surface area (Å²) in [4.78, 5) is 35.9. The van der Waals surface area contributed by atoms with Crippen LogP contribution >= 0.6 is 0 Å². The first-order valence-corrected chi connectivity index (χ1v) is 7.70. The number of hydrogen-bond donors (Lipinski definition) is 0. The number of nitro groups is 1. The molecule has 27 heavy (non-hydrogen) atoms. The third-order valence-electron chi connectivity index (χ3n) is 3.54. The molecule has 0 saturated heterocycles. The van der Waals surface area contributed by atoms with Crippen molar-refractivity contribution in [3.05, 3.63) is 64.2 Å². The van der Waals surface area contributed by atoms with E-state index in [1.807, 2.05) is 6.07 Å². The molecule has 0 N–H and O–H groups in total. The van der Waals surface area contributed by atoms with E-state index in [2.05, 4.69) is 0 Å². The predicted octanol–water partition coefficient (Wildman–Crippen LogP) is 2.32. The number of carbonyl (C=O) groups is 2. The maximum Gasteiger partial charge on any atom is 0.338 e. The molecule has 9 heteroatoms. The number of amides is 1. The molecule has 0 heterocycles. The lowest BCUT2D eigenvalue weighted by atomic mass is 10.2. The standard InChI is InChI=1S/C18H15N3O6/c1-26-16-8-7-13(11-15(16)21(24)25)18(23)27-12-17(22)20(10-9-19)14-5-3-2-4-6-14/h2-8,11H,10,12H2,1H3. The average Bonchev–Trinajstić information content (AvgIpc) is 2.70. The molecular weight excluding hydrogens is 354 g/mol. The molecule has 0 aliphatic rings. The van der Waals surface area contributed by atoms with Crippen LogP contribution in [0.3, 0.4) is 0 Å². The third kappa shape index (κ3) is 4.79. The molecule has 0 aromatic heterocycles. The van der Waals surface area contributed by atoms with Gasteiger partial charge in [0.05, 0.1) is 23.7 Å². The van der Waals surface area contributed by atoms with E-state index < -0.39 is 29.1 Å².